The van der Waals surface area contributed by atoms with Gasteiger partial charge in [-0.05, 0) is 31.0 Å². The molecule has 0 fully saturated rings. The van der Waals surface area contributed by atoms with Gasteiger partial charge in [0.2, 0.25) is 0 Å². The number of hydrogen-bond acceptors (Lipinski definition) is 4. The Kier molecular flexibility index (Phi) is 5.29. The minimum absolute atomic E-state index is 0.318. The predicted octanol–water partition coefficient (Wildman–Crippen LogP) is 1.27. The molecule has 0 bridgehead atoms. The summed E-state index contributed by atoms with van der Waals surface area (Å²) in [6.45, 7) is 2.31. The second-order valence-corrected chi connectivity index (χ2v) is 3.64. The summed E-state index contributed by atoms with van der Waals surface area (Å²) in [5.74, 6) is 0.740. The van der Waals surface area contributed by atoms with E-state index in [0.717, 1.165) is 17.7 Å². The van der Waals surface area contributed by atoms with Gasteiger partial charge in [-0.1, -0.05) is 12.1 Å². The van der Waals surface area contributed by atoms with Gasteiger partial charge in [0.25, 0.3) is 0 Å². The van der Waals surface area contributed by atoms with Gasteiger partial charge >= 0.3 is 6.09 Å². The average Bonchev–Trinajstić information content (AvgIpc) is 2.30. The highest BCUT2D eigenvalue weighted by Gasteiger charge is 2.00. The number of ether oxygens (including phenoxy) is 2. The van der Waals surface area contributed by atoms with E-state index in [-0.39, 0.29) is 6.23 Å². The largest absolute Gasteiger partial charge is 0.476 e. The van der Waals surface area contributed by atoms with E-state index in [0.29, 0.717) is 6.54 Å². The van der Waals surface area contributed by atoms with Gasteiger partial charge in [-0.3, -0.25) is 5.73 Å². The molecule has 5 heteroatoms. The second kappa shape index (κ2) is 6.75. The van der Waals surface area contributed by atoms with Gasteiger partial charge in [0.05, 0.1) is 7.11 Å². The lowest BCUT2D eigenvalue weighted by Gasteiger charge is -2.10. The highest BCUT2D eigenvalue weighted by atomic mass is 16.5. The van der Waals surface area contributed by atoms with Crippen LogP contribution in [0.1, 0.15) is 12.5 Å². The third-order valence-corrected chi connectivity index (χ3v) is 2.11. The topological polar surface area (TPSA) is 73.6 Å². The van der Waals surface area contributed by atoms with Gasteiger partial charge < -0.3 is 14.8 Å². The fourth-order valence-electron chi connectivity index (χ4n) is 1.33. The van der Waals surface area contributed by atoms with E-state index in [1.807, 2.05) is 24.3 Å². The molecule has 0 aliphatic rings. The van der Waals surface area contributed by atoms with Crippen molar-refractivity contribution in [3.8, 4) is 5.75 Å². The van der Waals surface area contributed by atoms with Crippen LogP contribution in [0.5, 0.6) is 5.75 Å². The van der Waals surface area contributed by atoms with Crippen LogP contribution < -0.4 is 15.8 Å². The Bertz CT molecular complexity index is 349. The molecular weight excluding hydrogens is 220 g/mol. The third-order valence-electron chi connectivity index (χ3n) is 2.11. The number of nitrogens with two attached hydrogens (primary N) is 1. The van der Waals surface area contributed by atoms with Gasteiger partial charge in [0.1, 0.15) is 12.0 Å². The Morgan fingerprint density at radius 1 is 1.41 bits per heavy atom. The van der Waals surface area contributed by atoms with Crippen molar-refractivity contribution in [1.29, 1.82) is 0 Å². The number of methoxy groups -OCH3 is 1. The van der Waals surface area contributed by atoms with E-state index in [2.05, 4.69) is 10.1 Å². The first kappa shape index (κ1) is 13.3. The normalized spacial score (nSPS) is 11.7. The van der Waals surface area contributed by atoms with Crippen molar-refractivity contribution >= 4 is 6.09 Å². The standard InChI is InChI=1S/C12H18N2O3/c1-9(13)17-11-5-3-10(4-6-11)7-8-14-12(15)16-2/h3-6,9H,7-8,13H2,1-2H3,(H,14,15). The van der Waals surface area contributed by atoms with Crippen LogP contribution in [0.15, 0.2) is 24.3 Å². The van der Waals surface area contributed by atoms with Crippen molar-refractivity contribution < 1.29 is 14.3 Å². The van der Waals surface area contributed by atoms with Crippen LogP contribution >= 0.6 is 0 Å². The molecule has 1 aromatic rings. The Hall–Kier alpha value is -1.75. The van der Waals surface area contributed by atoms with Gasteiger partial charge in [-0.2, -0.15) is 0 Å². The van der Waals surface area contributed by atoms with E-state index < -0.39 is 6.09 Å². The Balaban J connectivity index is 2.37. The number of benzene rings is 1. The molecule has 1 rings (SSSR count). The van der Waals surface area contributed by atoms with Crippen molar-refractivity contribution in [3.05, 3.63) is 29.8 Å². The molecular formula is C12H18N2O3. The SMILES string of the molecule is COC(=O)NCCc1ccc(OC(C)N)cc1. The van der Waals surface area contributed by atoms with Crippen molar-refractivity contribution in [3.63, 3.8) is 0 Å². The summed E-state index contributed by atoms with van der Waals surface area (Å²) in [5, 5.41) is 2.62. The van der Waals surface area contributed by atoms with E-state index in [4.69, 9.17) is 10.5 Å². The maximum atomic E-state index is 10.8. The second-order valence-electron chi connectivity index (χ2n) is 3.64. The lowest BCUT2D eigenvalue weighted by Crippen LogP contribution is -2.25. The zero-order chi connectivity index (χ0) is 12.7. The third kappa shape index (κ3) is 5.21. The summed E-state index contributed by atoms with van der Waals surface area (Å²) in [6.07, 6.45) is 0.0110. The molecule has 1 aromatic carbocycles. The molecule has 0 aromatic heterocycles. The molecule has 0 aliphatic heterocycles. The smallest absolute Gasteiger partial charge is 0.406 e. The van der Waals surface area contributed by atoms with E-state index >= 15 is 0 Å². The summed E-state index contributed by atoms with van der Waals surface area (Å²) >= 11 is 0. The highest BCUT2D eigenvalue weighted by molar-refractivity contribution is 5.66. The number of rotatable bonds is 5. The quantitative estimate of drug-likeness (QED) is 0.758. The first-order chi connectivity index (χ1) is 8.11. The van der Waals surface area contributed by atoms with Gasteiger partial charge in [0.15, 0.2) is 0 Å². The first-order valence-corrected chi connectivity index (χ1v) is 5.45. The summed E-state index contributed by atoms with van der Waals surface area (Å²) < 4.78 is 9.78. The van der Waals surface area contributed by atoms with E-state index in [1.165, 1.54) is 7.11 Å². The molecule has 1 atom stereocenters. The van der Waals surface area contributed by atoms with Crippen LogP contribution in [-0.4, -0.2) is 26.0 Å². The Morgan fingerprint density at radius 3 is 2.59 bits per heavy atom. The number of alkyl carbamates (subject to hydrolysis) is 1. The van der Waals surface area contributed by atoms with Crippen LogP contribution in [0.25, 0.3) is 0 Å². The van der Waals surface area contributed by atoms with Crippen LogP contribution in [0, 0.1) is 0 Å². The Morgan fingerprint density at radius 2 is 2.06 bits per heavy atom. The van der Waals surface area contributed by atoms with Crippen molar-refractivity contribution in [2.45, 2.75) is 19.6 Å². The molecule has 5 nitrogen and oxygen atoms in total. The molecule has 1 amide bonds. The molecule has 3 N–H and O–H groups in total. The number of amides is 1. The Labute approximate surface area is 101 Å². The fraction of sp³-hybridized carbons (Fsp3) is 0.417. The zero-order valence-corrected chi connectivity index (χ0v) is 10.1. The fourth-order valence-corrected chi connectivity index (χ4v) is 1.33. The molecule has 17 heavy (non-hydrogen) atoms. The van der Waals surface area contributed by atoms with Crippen molar-refractivity contribution in [1.82, 2.24) is 5.32 Å². The van der Waals surface area contributed by atoms with E-state index in [9.17, 15) is 4.79 Å². The predicted molar refractivity (Wildman–Crippen MR) is 64.8 cm³/mol. The number of hydrogen-bond donors (Lipinski definition) is 2. The molecule has 0 saturated carbocycles. The maximum absolute atomic E-state index is 10.8. The lowest BCUT2D eigenvalue weighted by molar-refractivity contribution is 0.171. The summed E-state index contributed by atoms with van der Waals surface area (Å²) in [4.78, 5) is 10.8. The van der Waals surface area contributed by atoms with Crippen LogP contribution in [0.3, 0.4) is 0 Å². The summed E-state index contributed by atoms with van der Waals surface area (Å²) in [7, 11) is 1.34. The minimum atomic E-state index is -0.415. The monoisotopic (exact) mass is 238 g/mol. The minimum Gasteiger partial charge on any atom is -0.476 e. The molecule has 0 aliphatic carbocycles. The van der Waals surface area contributed by atoms with Crippen molar-refractivity contribution in [2.75, 3.05) is 13.7 Å². The number of carbonyl (C=O) groups excluding carboxylic acids is 1. The summed E-state index contributed by atoms with van der Waals surface area (Å²) in [6, 6.07) is 7.60. The van der Waals surface area contributed by atoms with Gasteiger partial charge in [-0.25, -0.2) is 4.79 Å². The maximum Gasteiger partial charge on any atom is 0.406 e. The van der Waals surface area contributed by atoms with Crippen molar-refractivity contribution in [2.24, 2.45) is 5.73 Å². The van der Waals surface area contributed by atoms with Crippen LogP contribution in [0.2, 0.25) is 0 Å². The van der Waals surface area contributed by atoms with Gasteiger partial charge in [-0.15, -0.1) is 0 Å². The molecule has 0 heterocycles. The van der Waals surface area contributed by atoms with E-state index in [1.54, 1.807) is 6.92 Å². The molecule has 0 radical (unpaired) electrons. The number of nitrogens with one attached hydrogen (secondary N) is 1. The highest BCUT2D eigenvalue weighted by Crippen LogP contribution is 2.13. The van der Waals surface area contributed by atoms with Crippen LogP contribution in [-0.2, 0) is 11.2 Å². The average molecular weight is 238 g/mol. The molecule has 0 spiro atoms. The summed E-state index contributed by atoms with van der Waals surface area (Å²) in [5.41, 5.74) is 6.62. The molecule has 1 unspecified atom stereocenters. The molecule has 94 valence electrons. The molecule has 0 saturated heterocycles. The lowest BCUT2D eigenvalue weighted by atomic mass is 10.1. The first-order valence-electron chi connectivity index (χ1n) is 5.45. The van der Waals surface area contributed by atoms with Crippen LogP contribution in [0.4, 0.5) is 4.79 Å². The zero-order valence-electron chi connectivity index (χ0n) is 10.1. The number of carbonyl (C=O) groups is 1. The van der Waals surface area contributed by atoms with Gasteiger partial charge in [0, 0.05) is 6.54 Å².